The van der Waals surface area contributed by atoms with Crippen LogP contribution in [0.5, 0.6) is 0 Å². The normalized spacial score (nSPS) is 9.76. The van der Waals surface area contributed by atoms with Crippen molar-refractivity contribution in [2.45, 2.75) is 25.7 Å². The van der Waals surface area contributed by atoms with Crippen molar-refractivity contribution in [1.82, 2.24) is 16.0 Å². The Balaban J connectivity index is 3.63. The predicted molar refractivity (Wildman–Crippen MR) is 72.5 cm³/mol. The number of nitrogens with one attached hydrogen (secondary N) is 3. The van der Waals surface area contributed by atoms with Crippen LogP contribution in [-0.2, 0) is 19.1 Å². The van der Waals surface area contributed by atoms with Crippen LogP contribution in [0.3, 0.4) is 0 Å². The molecule has 0 fully saturated rings. The SMILES string of the molecule is COCCNC(=O)CCNC(=O)NC(=O)CCCC(=O)O. The summed E-state index contributed by atoms with van der Waals surface area (Å²) in [4.78, 5) is 44.0. The molecule has 0 aromatic rings. The Morgan fingerprint density at radius 3 is 2.29 bits per heavy atom. The second kappa shape index (κ2) is 11.6. The van der Waals surface area contributed by atoms with Gasteiger partial charge in [-0.05, 0) is 6.42 Å². The third-order valence-electron chi connectivity index (χ3n) is 2.31. The van der Waals surface area contributed by atoms with Gasteiger partial charge in [-0.15, -0.1) is 0 Å². The van der Waals surface area contributed by atoms with Gasteiger partial charge < -0.3 is 20.5 Å². The standard InChI is InChI=1S/C12H21N3O6/c1-21-8-7-13-9(16)5-6-14-12(20)15-10(17)3-2-4-11(18)19/h2-8H2,1H3,(H,13,16)(H,18,19)(H2,14,15,17,20). The van der Waals surface area contributed by atoms with E-state index in [-0.39, 0.29) is 38.1 Å². The summed E-state index contributed by atoms with van der Waals surface area (Å²) in [5.74, 6) is -1.79. The van der Waals surface area contributed by atoms with E-state index < -0.39 is 17.9 Å². The van der Waals surface area contributed by atoms with Crippen LogP contribution in [-0.4, -0.2) is 55.7 Å². The van der Waals surface area contributed by atoms with Crippen LogP contribution in [0.25, 0.3) is 0 Å². The lowest BCUT2D eigenvalue weighted by molar-refractivity contribution is -0.137. The number of carboxylic acids is 1. The first-order chi connectivity index (χ1) is 9.95. The predicted octanol–water partition coefficient (Wildman–Crippen LogP) is -0.780. The minimum absolute atomic E-state index is 0.0444. The molecular weight excluding hydrogens is 282 g/mol. The molecule has 0 saturated carbocycles. The number of carbonyl (C=O) groups excluding carboxylic acids is 3. The average molecular weight is 303 g/mol. The maximum absolute atomic E-state index is 11.3. The van der Waals surface area contributed by atoms with E-state index in [4.69, 9.17) is 9.84 Å². The van der Waals surface area contributed by atoms with Gasteiger partial charge in [0, 0.05) is 39.5 Å². The van der Waals surface area contributed by atoms with Crippen LogP contribution in [0.15, 0.2) is 0 Å². The molecule has 0 heterocycles. The summed E-state index contributed by atoms with van der Waals surface area (Å²) in [5, 5.41) is 15.4. The molecule has 0 aliphatic carbocycles. The van der Waals surface area contributed by atoms with Crippen molar-refractivity contribution >= 4 is 23.8 Å². The van der Waals surface area contributed by atoms with E-state index in [9.17, 15) is 19.2 Å². The largest absolute Gasteiger partial charge is 0.481 e. The molecule has 0 spiro atoms. The van der Waals surface area contributed by atoms with Crippen molar-refractivity contribution in [3.05, 3.63) is 0 Å². The summed E-state index contributed by atoms with van der Waals surface area (Å²) in [5.41, 5.74) is 0. The molecule has 0 aromatic heterocycles. The summed E-state index contributed by atoms with van der Waals surface area (Å²) in [7, 11) is 1.52. The number of hydrogen-bond acceptors (Lipinski definition) is 5. The molecule has 0 unspecified atom stereocenters. The summed E-state index contributed by atoms with van der Waals surface area (Å²) in [6.07, 6.45) is 0.0780. The fraction of sp³-hybridized carbons (Fsp3) is 0.667. The number of rotatable bonds is 10. The summed E-state index contributed by atoms with van der Waals surface area (Å²) < 4.78 is 4.76. The highest BCUT2D eigenvalue weighted by Crippen LogP contribution is 1.94. The van der Waals surface area contributed by atoms with Crippen LogP contribution < -0.4 is 16.0 Å². The Morgan fingerprint density at radius 1 is 0.952 bits per heavy atom. The number of ether oxygens (including phenoxy) is 1. The van der Waals surface area contributed by atoms with Crippen LogP contribution in [0, 0.1) is 0 Å². The molecule has 4 N–H and O–H groups in total. The highest BCUT2D eigenvalue weighted by atomic mass is 16.5. The number of aliphatic carboxylic acids is 1. The van der Waals surface area contributed by atoms with Gasteiger partial charge >= 0.3 is 12.0 Å². The molecule has 0 aliphatic rings. The molecule has 0 aliphatic heterocycles. The lowest BCUT2D eigenvalue weighted by atomic mass is 10.2. The second-order valence-electron chi connectivity index (χ2n) is 4.14. The quantitative estimate of drug-likeness (QED) is 0.391. The molecule has 120 valence electrons. The van der Waals surface area contributed by atoms with Gasteiger partial charge in [0.1, 0.15) is 0 Å². The molecule has 0 saturated heterocycles. The maximum atomic E-state index is 11.3. The summed E-state index contributed by atoms with van der Waals surface area (Å²) in [6.45, 7) is 0.890. The van der Waals surface area contributed by atoms with Crippen LogP contribution in [0.2, 0.25) is 0 Å². The van der Waals surface area contributed by atoms with Gasteiger partial charge in [0.15, 0.2) is 0 Å². The highest BCUT2D eigenvalue weighted by molar-refractivity contribution is 5.94. The summed E-state index contributed by atoms with van der Waals surface area (Å²) in [6, 6.07) is -0.708. The second-order valence-corrected chi connectivity index (χ2v) is 4.14. The molecule has 0 radical (unpaired) electrons. The maximum Gasteiger partial charge on any atom is 0.321 e. The van der Waals surface area contributed by atoms with E-state index in [0.29, 0.717) is 13.2 Å². The minimum atomic E-state index is -0.994. The van der Waals surface area contributed by atoms with Crippen molar-refractivity contribution < 1.29 is 29.0 Å². The van der Waals surface area contributed by atoms with Crippen molar-refractivity contribution in [2.24, 2.45) is 0 Å². The lowest BCUT2D eigenvalue weighted by Crippen LogP contribution is -2.41. The van der Waals surface area contributed by atoms with Gasteiger partial charge in [-0.1, -0.05) is 0 Å². The highest BCUT2D eigenvalue weighted by Gasteiger charge is 2.08. The zero-order chi connectivity index (χ0) is 16.1. The van der Waals surface area contributed by atoms with Gasteiger partial charge in [0.2, 0.25) is 11.8 Å². The smallest absolute Gasteiger partial charge is 0.321 e. The Morgan fingerprint density at radius 2 is 1.67 bits per heavy atom. The van der Waals surface area contributed by atoms with E-state index in [1.54, 1.807) is 0 Å². The monoisotopic (exact) mass is 303 g/mol. The van der Waals surface area contributed by atoms with Gasteiger partial charge in [0.25, 0.3) is 0 Å². The zero-order valence-corrected chi connectivity index (χ0v) is 11.9. The Kier molecular flexibility index (Phi) is 10.5. The van der Waals surface area contributed by atoms with E-state index in [1.807, 2.05) is 5.32 Å². The molecule has 0 rings (SSSR count). The minimum Gasteiger partial charge on any atom is -0.481 e. The fourth-order valence-corrected chi connectivity index (χ4v) is 1.30. The molecule has 9 nitrogen and oxygen atoms in total. The van der Waals surface area contributed by atoms with E-state index in [0.717, 1.165) is 0 Å². The Bertz CT molecular complexity index is 372. The van der Waals surface area contributed by atoms with Gasteiger partial charge in [0.05, 0.1) is 6.61 Å². The Labute approximate surface area is 122 Å². The van der Waals surface area contributed by atoms with E-state index >= 15 is 0 Å². The number of imide groups is 1. The number of carbonyl (C=O) groups is 4. The Hall–Kier alpha value is -2.16. The van der Waals surface area contributed by atoms with Crippen molar-refractivity contribution in [3.63, 3.8) is 0 Å². The van der Waals surface area contributed by atoms with E-state index in [1.165, 1.54) is 7.11 Å². The van der Waals surface area contributed by atoms with Crippen molar-refractivity contribution in [1.29, 1.82) is 0 Å². The summed E-state index contributed by atoms with van der Waals surface area (Å²) >= 11 is 0. The first-order valence-electron chi connectivity index (χ1n) is 6.50. The van der Waals surface area contributed by atoms with Crippen LogP contribution in [0.4, 0.5) is 4.79 Å². The van der Waals surface area contributed by atoms with E-state index in [2.05, 4.69) is 10.6 Å². The number of urea groups is 1. The number of amides is 4. The number of hydrogen-bond donors (Lipinski definition) is 4. The lowest BCUT2D eigenvalue weighted by Gasteiger charge is -2.07. The third kappa shape index (κ3) is 12.6. The fourth-order valence-electron chi connectivity index (χ4n) is 1.30. The number of carboxylic acid groups (broad SMARTS) is 1. The molecule has 0 aromatic carbocycles. The molecule has 0 atom stereocenters. The topological polar surface area (TPSA) is 134 Å². The van der Waals surface area contributed by atoms with Crippen molar-refractivity contribution in [3.8, 4) is 0 Å². The van der Waals surface area contributed by atoms with Gasteiger partial charge in [-0.2, -0.15) is 0 Å². The first kappa shape index (κ1) is 18.8. The van der Waals surface area contributed by atoms with Gasteiger partial charge in [-0.25, -0.2) is 4.79 Å². The zero-order valence-electron chi connectivity index (χ0n) is 11.9. The number of methoxy groups -OCH3 is 1. The first-order valence-corrected chi connectivity index (χ1v) is 6.50. The molecule has 21 heavy (non-hydrogen) atoms. The van der Waals surface area contributed by atoms with Gasteiger partial charge in [-0.3, -0.25) is 19.7 Å². The molecule has 9 heteroatoms. The average Bonchev–Trinajstić information content (AvgIpc) is 2.38. The van der Waals surface area contributed by atoms with Crippen LogP contribution >= 0.6 is 0 Å². The molecular formula is C12H21N3O6. The third-order valence-corrected chi connectivity index (χ3v) is 2.31. The van der Waals surface area contributed by atoms with Crippen LogP contribution in [0.1, 0.15) is 25.7 Å². The molecule has 4 amide bonds. The molecule has 0 bridgehead atoms. The van der Waals surface area contributed by atoms with Crippen molar-refractivity contribution in [2.75, 3.05) is 26.8 Å².